The standard InChI is InChI=1S/C29H33ClN4O2/c30-20-12-13-23-26(18-20)34-25-11-5-3-9-22(25)29(23)32-16-7-1-6-15-31-28(35)14-17-36-27-19-33-24-10-4-2-8-21(24)27/h2,4,8,10,12-13,18-19,33H,1,3,5-7,9,11,14-17H2,(H,31,35)(H,32,34). The average molecular weight is 505 g/mol. The van der Waals surface area contributed by atoms with Crippen LogP contribution in [0.1, 0.15) is 49.8 Å². The Morgan fingerprint density at radius 3 is 2.83 bits per heavy atom. The van der Waals surface area contributed by atoms with Crippen LogP contribution in [0.2, 0.25) is 5.02 Å². The molecule has 1 aliphatic rings. The second-order valence-corrected chi connectivity index (χ2v) is 9.85. The highest BCUT2D eigenvalue weighted by molar-refractivity contribution is 6.31. The van der Waals surface area contributed by atoms with Crippen LogP contribution in [0.25, 0.3) is 21.8 Å². The number of halogens is 1. The number of aromatic nitrogens is 2. The number of hydrogen-bond acceptors (Lipinski definition) is 4. The molecule has 0 atom stereocenters. The van der Waals surface area contributed by atoms with Crippen molar-refractivity contribution < 1.29 is 9.53 Å². The number of hydrogen-bond donors (Lipinski definition) is 3. The van der Waals surface area contributed by atoms with Gasteiger partial charge in [-0.25, -0.2) is 0 Å². The third-order valence-corrected chi connectivity index (χ3v) is 7.08. The zero-order chi connectivity index (χ0) is 24.7. The quantitative estimate of drug-likeness (QED) is 0.206. The number of anilines is 1. The first-order valence-corrected chi connectivity index (χ1v) is 13.4. The van der Waals surface area contributed by atoms with Crippen molar-refractivity contribution in [1.82, 2.24) is 15.3 Å². The van der Waals surface area contributed by atoms with Crippen molar-refractivity contribution in [3.8, 4) is 5.75 Å². The maximum atomic E-state index is 12.2. The third kappa shape index (κ3) is 5.76. The van der Waals surface area contributed by atoms with E-state index in [1.54, 1.807) is 0 Å². The molecule has 7 heteroatoms. The summed E-state index contributed by atoms with van der Waals surface area (Å²) >= 11 is 6.23. The normalized spacial score (nSPS) is 13.0. The van der Waals surface area contributed by atoms with E-state index in [0.29, 0.717) is 19.6 Å². The summed E-state index contributed by atoms with van der Waals surface area (Å²) in [6.07, 6.45) is 9.80. The predicted octanol–water partition coefficient (Wildman–Crippen LogP) is 6.42. The zero-order valence-electron chi connectivity index (χ0n) is 20.5. The Balaban J connectivity index is 1.02. The van der Waals surface area contributed by atoms with E-state index in [2.05, 4.69) is 21.7 Å². The summed E-state index contributed by atoms with van der Waals surface area (Å²) in [5.74, 6) is 0.818. The minimum Gasteiger partial charge on any atom is -0.491 e. The Labute approximate surface area is 216 Å². The number of nitrogens with zero attached hydrogens (tertiary/aromatic N) is 1. The smallest absolute Gasteiger partial charge is 0.223 e. The summed E-state index contributed by atoms with van der Waals surface area (Å²) in [6.45, 7) is 1.96. The molecule has 4 aromatic rings. The molecule has 0 unspecified atom stereocenters. The van der Waals surface area contributed by atoms with Crippen LogP contribution in [0, 0.1) is 0 Å². The monoisotopic (exact) mass is 504 g/mol. The highest BCUT2D eigenvalue weighted by Crippen LogP contribution is 2.34. The van der Waals surface area contributed by atoms with Crippen LogP contribution in [-0.2, 0) is 17.6 Å². The number of para-hydroxylation sites is 1. The summed E-state index contributed by atoms with van der Waals surface area (Å²) in [5, 5.41) is 9.63. The van der Waals surface area contributed by atoms with Crippen molar-refractivity contribution in [2.75, 3.05) is 25.0 Å². The number of nitrogens with one attached hydrogen (secondary N) is 3. The van der Waals surface area contributed by atoms with Gasteiger partial charge in [0.25, 0.3) is 0 Å². The second-order valence-electron chi connectivity index (χ2n) is 9.41. The van der Waals surface area contributed by atoms with Crippen LogP contribution < -0.4 is 15.4 Å². The summed E-state index contributed by atoms with van der Waals surface area (Å²) in [5.41, 5.74) is 5.83. The Kier molecular flexibility index (Phi) is 7.91. The molecule has 0 saturated heterocycles. The van der Waals surface area contributed by atoms with Gasteiger partial charge in [0.1, 0.15) is 5.75 Å². The molecule has 5 rings (SSSR count). The number of fused-ring (bicyclic) bond motifs is 3. The van der Waals surface area contributed by atoms with E-state index < -0.39 is 0 Å². The zero-order valence-corrected chi connectivity index (χ0v) is 21.3. The number of carbonyl (C=O) groups excluding carboxylic acids is 1. The van der Waals surface area contributed by atoms with Crippen LogP contribution in [0.4, 0.5) is 5.69 Å². The van der Waals surface area contributed by atoms with Gasteiger partial charge in [0, 0.05) is 52.0 Å². The molecule has 1 amide bonds. The molecule has 1 aliphatic carbocycles. The summed E-state index contributed by atoms with van der Waals surface area (Å²) < 4.78 is 5.80. The minimum absolute atomic E-state index is 0.0292. The molecular weight excluding hydrogens is 472 g/mol. The highest BCUT2D eigenvalue weighted by atomic mass is 35.5. The van der Waals surface area contributed by atoms with E-state index >= 15 is 0 Å². The van der Waals surface area contributed by atoms with E-state index in [1.807, 2.05) is 42.6 Å². The Morgan fingerprint density at radius 1 is 1.03 bits per heavy atom. The average Bonchev–Trinajstić information content (AvgIpc) is 3.30. The van der Waals surface area contributed by atoms with E-state index in [9.17, 15) is 4.79 Å². The molecular formula is C29H33ClN4O2. The van der Waals surface area contributed by atoms with Gasteiger partial charge in [0.05, 0.1) is 18.5 Å². The topological polar surface area (TPSA) is 79.0 Å². The van der Waals surface area contributed by atoms with Crippen molar-refractivity contribution in [3.63, 3.8) is 0 Å². The molecule has 36 heavy (non-hydrogen) atoms. The number of ether oxygens (including phenoxy) is 1. The molecule has 0 aliphatic heterocycles. The first kappa shape index (κ1) is 24.4. The Morgan fingerprint density at radius 2 is 1.89 bits per heavy atom. The van der Waals surface area contributed by atoms with Gasteiger partial charge < -0.3 is 20.4 Å². The second kappa shape index (κ2) is 11.7. The van der Waals surface area contributed by atoms with E-state index in [4.69, 9.17) is 21.3 Å². The number of amides is 1. The van der Waals surface area contributed by atoms with Crippen LogP contribution in [0.5, 0.6) is 5.75 Å². The lowest BCUT2D eigenvalue weighted by Crippen LogP contribution is -2.26. The van der Waals surface area contributed by atoms with E-state index in [-0.39, 0.29) is 5.91 Å². The lowest BCUT2D eigenvalue weighted by Gasteiger charge is -2.22. The number of unbranched alkanes of at least 4 members (excludes halogenated alkanes) is 2. The molecule has 3 N–H and O–H groups in total. The first-order chi connectivity index (χ1) is 17.7. The van der Waals surface area contributed by atoms with Gasteiger partial charge in [-0.15, -0.1) is 0 Å². The van der Waals surface area contributed by atoms with Crippen LogP contribution in [-0.4, -0.2) is 35.6 Å². The van der Waals surface area contributed by atoms with E-state index in [0.717, 1.165) is 71.2 Å². The van der Waals surface area contributed by atoms with Gasteiger partial charge in [-0.05, 0) is 80.8 Å². The molecule has 0 saturated carbocycles. The molecule has 0 fully saturated rings. The van der Waals surface area contributed by atoms with Crippen molar-refractivity contribution in [1.29, 1.82) is 0 Å². The van der Waals surface area contributed by atoms with Gasteiger partial charge in [-0.2, -0.15) is 0 Å². The maximum Gasteiger partial charge on any atom is 0.223 e. The highest BCUT2D eigenvalue weighted by Gasteiger charge is 2.18. The van der Waals surface area contributed by atoms with Gasteiger partial charge in [0.15, 0.2) is 0 Å². The summed E-state index contributed by atoms with van der Waals surface area (Å²) in [6, 6.07) is 14.0. The third-order valence-electron chi connectivity index (χ3n) is 6.84. The van der Waals surface area contributed by atoms with Gasteiger partial charge in [0.2, 0.25) is 5.91 Å². The number of pyridine rings is 1. The number of carbonyl (C=O) groups is 1. The van der Waals surface area contributed by atoms with Crippen LogP contribution >= 0.6 is 11.6 Å². The number of rotatable bonds is 11. The first-order valence-electron chi connectivity index (χ1n) is 13.0. The van der Waals surface area contributed by atoms with Crippen LogP contribution in [0.3, 0.4) is 0 Å². The number of aromatic amines is 1. The summed E-state index contributed by atoms with van der Waals surface area (Å²) in [4.78, 5) is 20.2. The van der Waals surface area contributed by atoms with E-state index in [1.165, 1.54) is 29.8 Å². The summed E-state index contributed by atoms with van der Waals surface area (Å²) in [7, 11) is 0. The molecule has 188 valence electrons. The number of H-pyrrole nitrogens is 1. The fourth-order valence-electron chi connectivity index (χ4n) is 4.98. The largest absolute Gasteiger partial charge is 0.491 e. The molecule has 6 nitrogen and oxygen atoms in total. The van der Waals surface area contributed by atoms with Crippen molar-refractivity contribution in [3.05, 3.63) is 64.9 Å². The number of benzene rings is 2. The van der Waals surface area contributed by atoms with Crippen molar-refractivity contribution in [2.45, 2.75) is 51.4 Å². The van der Waals surface area contributed by atoms with Crippen molar-refractivity contribution >= 4 is 45.0 Å². The number of aryl methyl sites for hydroxylation is 1. The lowest BCUT2D eigenvalue weighted by atomic mass is 9.92. The van der Waals surface area contributed by atoms with Crippen molar-refractivity contribution in [2.24, 2.45) is 0 Å². The molecule has 2 heterocycles. The lowest BCUT2D eigenvalue weighted by molar-refractivity contribution is -0.121. The Hall–Kier alpha value is -3.25. The van der Waals surface area contributed by atoms with Gasteiger partial charge in [-0.3, -0.25) is 9.78 Å². The van der Waals surface area contributed by atoms with Gasteiger partial charge in [-0.1, -0.05) is 23.7 Å². The molecule has 0 radical (unpaired) electrons. The molecule has 0 spiro atoms. The molecule has 2 aromatic heterocycles. The predicted molar refractivity (Wildman–Crippen MR) is 147 cm³/mol. The van der Waals surface area contributed by atoms with Gasteiger partial charge >= 0.3 is 0 Å². The molecule has 0 bridgehead atoms. The maximum absolute atomic E-state index is 12.2. The minimum atomic E-state index is 0.0292. The molecule has 2 aromatic carbocycles. The fraction of sp³-hybridized carbons (Fsp3) is 0.379. The fourth-order valence-corrected chi connectivity index (χ4v) is 5.14. The van der Waals surface area contributed by atoms with Crippen LogP contribution in [0.15, 0.2) is 48.7 Å². The Bertz CT molecular complexity index is 1350. The SMILES string of the molecule is O=C(CCOc1c[nH]c2ccccc12)NCCCCCNc1c2c(nc3cc(Cl)ccc13)CCCC2.